The normalized spacial score (nSPS) is 10.1. The molecule has 0 spiro atoms. The van der Waals surface area contributed by atoms with E-state index in [1.165, 1.54) is 0 Å². The Morgan fingerprint density at radius 2 is 2.16 bits per heavy atom. The van der Waals surface area contributed by atoms with Gasteiger partial charge in [-0.1, -0.05) is 12.1 Å². The highest BCUT2D eigenvalue weighted by molar-refractivity contribution is 7.07. The molecule has 1 amide bonds. The van der Waals surface area contributed by atoms with Gasteiger partial charge in [-0.05, 0) is 34.5 Å². The van der Waals surface area contributed by atoms with Gasteiger partial charge in [0, 0.05) is 0 Å². The molecule has 1 aromatic carbocycles. The number of benzene rings is 1. The molecule has 0 aliphatic rings. The van der Waals surface area contributed by atoms with Crippen molar-refractivity contribution in [2.75, 3.05) is 18.9 Å². The van der Waals surface area contributed by atoms with Crippen molar-refractivity contribution in [3.63, 3.8) is 0 Å². The van der Waals surface area contributed by atoms with Crippen molar-refractivity contribution in [2.24, 2.45) is 0 Å². The monoisotopic (exact) mass is 276 g/mol. The Morgan fingerprint density at radius 3 is 2.89 bits per heavy atom. The van der Waals surface area contributed by atoms with Crippen LogP contribution in [0.15, 0.2) is 41.1 Å². The number of hydrogen-bond acceptors (Lipinski definition) is 4. The molecule has 0 aliphatic heterocycles. The lowest BCUT2D eigenvalue weighted by Crippen LogP contribution is -2.29. The first-order valence-electron chi connectivity index (χ1n) is 6.01. The fourth-order valence-electron chi connectivity index (χ4n) is 1.60. The molecule has 5 heteroatoms. The number of hydrogen-bond donors (Lipinski definition) is 2. The van der Waals surface area contributed by atoms with E-state index in [4.69, 9.17) is 10.5 Å². The molecule has 2 rings (SSSR count). The topological polar surface area (TPSA) is 64.3 Å². The number of carbonyl (C=O) groups excluding carboxylic acids is 1. The van der Waals surface area contributed by atoms with E-state index < -0.39 is 0 Å². The van der Waals surface area contributed by atoms with Crippen LogP contribution in [0.4, 0.5) is 5.69 Å². The van der Waals surface area contributed by atoms with Crippen molar-refractivity contribution in [2.45, 2.75) is 6.42 Å². The minimum atomic E-state index is 0.00281. The summed E-state index contributed by atoms with van der Waals surface area (Å²) in [6.07, 6.45) is 0.414. The van der Waals surface area contributed by atoms with Crippen LogP contribution in [0.25, 0.3) is 0 Å². The zero-order valence-electron chi connectivity index (χ0n) is 10.5. The third-order valence-electron chi connectivity index (χ3n) is 2.55. The van der Waals surface area contributed by atoms with Crippen LogP contribution in [0.3, 0.4) is 0 Å². The number of anilines is 1. The molecule has 2 aromatic rings. The van der Waals surface area contributed by atoms with E-state index in [9.17, 15) is 4.79 Å². The second kappa shape index (κ2) is 6.80. The van der Waals surface area contributed by atoms with Crippen molar-refractivity contribution in [1.82, 2.24) is 5.32 Å². The quantitative estimate of drug-likeness (QED) is 0.627. The highest BCUT2D eigenvalue weighted by atomic mass is 32.1. The predicted molar refractivity (Wildman–Crippen MR) is 77.4 cm³/mol. The molecular weight excluding hydrogens is 260 g/mol. The van der Waals surface area contributed by atoms with Crippen LogP contribution < -0.4 is 15.8 Å². The molecule has 0 bridgehead atoms. The van der Waals surface area contributed by atoms with Crippen molar-refractivity contribution in [3.05, 3.63) is 46.7 Å². The lowest BCUT2D eigenvalue weighted by atomic mass is 10.2. The van der Waals surface area contributed by atoms with Gasteiger partial charge in [-0.15, -0.1) is 0 Å². The van der Waals surface area contributed by atoms with Gasteiger partial charge in [0.15, 0.2) is 0 Å². The van der Waals surface area contributed by atoms with E-state index >= 15 is 0 Å². The van der Waals surface area contributed by atoms with Crippen LogP contribution in [0.1, 0.15) is 5.56 Å². The molecule has 0 atom stereocenters. The Balaban J connectivity index is 1.67. The maximum atomic E-state index is 11.6. The van der Waals surface area contributed by atoms with Crippen LogP contribution >= 0.6 is 11.3 Å². The molecule has 1 aromatic heterocycles. The number of thiophene rings is 1. The van der Waals surface area contributed by atoms with E-state index in [0.29, 0.717) is 31.0 Å². The van der Waals surface area contributed by atoms with E-state index in [0.717, 1.165) is 5.56 Å². The lowest BCUT2D eigenvalue weighted by molar-refractivity contribution is -0.120. The summed E-state index contributed by atoms with van der Waals surface area (Å²) in [5.41, 5.74) is 7.38. The van der Waals surface area contributed by atoms with E-state index in [2.05, 4.69) is 5.32 Å². The van der Waals surface area contributed by atoms with Gasteiger partial charge >= 0.3 is 0 Å². The van der Waals surface area contributed by atoms with Crippen LogP contribution in [0.5, 0.6) is 5.75 Å². The van der Waals surface area contributed by atoms with Gasteiger partial charge in [0.2, 0.25) is 5.91 Å². The number of amides is 1. The Bertz CT molecular complexity index is 526. The molecule has 1 heterocycles. The summed E-state index contributed by atoms with van der Waals surface area (Å²) in [6.45, 7) is 0.876. The zero-order chi connectivity index (χ0) is 13.5. The number of para-hydroxylation sites is 2. The predicted octanol–water partition coefficient (Wildman–Crippen LogP) is 2.07. The van der Waals surface area contributed by atoms with Gasteiger partial charge in [0.1, 0.15) is 12.4 Å². The van der Waals surface area contributed by atoms with E-state index in [1.54, 1.807) is 17.4 Å². The van der Waals surface area contributed by atoms with Gasteiger partial charge in [0.05, 0.1) is 18.7 Å². The van der Waals surface area contributed by atoms with Crippen LogP contribution in [0, 0.1) is 0 Å². The third kappa shape index (κ3) is 4.30. The summed E-state index contributed by atoms with van der Waals surface area (Å²) in [4.78, 5) is 11.6. The zero-order valence-corrected chi connectivity index (χ0v) is 11.3. The minimum Gasteiger partial charge on any atom is -0.490 e. The van der Waals surface area contributed by atoms with Gasteiger partial charge < -0.3 is 15.8 Å². The van der Waals surface area contributed by atoms with Crippen LogP contribution in [-0.4, -0.2) is 19.1 Å². The van der Waals surface area contributed by atoms with Crippen LogP contribution in [0.2, 0.25) is 0 Å². The highest BCUT2D eigenvalue weighted by Gasteiger charge is 2.03. The Kier molecular flexibility index (Phi) is 4.80. The second-order valence-electron chi connectivity index (χ2n) is 4.04. The maximum absolute atomic E-state index is 11.6. The van der Waals surface area contributed by atoms with Crippen molar-refractivity contribution < 1.29 is 9.53 Å². The van der Waals surface area contributed by atoms with E-state index in [-0.39, 0.29) is 5.91 Å². The summed E-state index contributed by atoms with van der Waals surface area (Å²) in [5.74, 6) is 0.651. The summed E-state index contributed by atoms with van der Waals surface area (Å²) in [5, 5.41) is 6.75. The standard InChI is InChI=1S/C14H16N2O2S/c15-12-3-1-2-4-13(12)18-7-6-16-14(17)9-11-5-8-19-10-11/h1-5,8,10H,6-7,9,15H2,(H,16,17). The van der Waals surface area contributed by atoms with Gasteiger partial charge in [-0.2, -0.15) is 11.3 Å². The molecule has 0 aliphatic carbocycles. The highest BCUT2D eigenvalue weighted by Crippen LogP contribution is 2.19. The molecule has 19 heavy (non-hydrogen) atoms. The number of nitrogen functional groups attached to an aromatic ring is 1. The Labute approximate surface area is 116 Å². The summed E-state index contributed by atoms with van der Waals surface area (Å²) < 4.78 is 5.48. The second-order valence-corrected chi connectivity index (χ2v) is 4.82. The molecule has 3 N–H and O–H groups in total. The lowest BCUT2D eigenvalue weighted by Gasteiger charge is -2.09. The van der Waals surface area contributed by atoms with E-state index in [1.807, 2.05) is 35.0 Å². The van der Waals surface area contributed by atoms with Crippen molar-refractivity contribution in [1.29, 1.82) is 0 Å². The molecule has 0 unspecified atom stereocenters. The molecular formula is C14H16N2O2S. The minimum absolute atomic E-state index is 0.00281. The number of nitrogens with one attached hydrogen (secondary N) is 1. The first kappa shape index (κ1) is 13.4. The number of ether oxygens (including phenoxy) is 1. The summed E-state index contributed by atoms with van der Waals surface area (Å²) in [6, 6.07) is 9.25. The molecule has 0 fully saturated rings. The van der Waals surface area contributed by atoms with Crippen molar-refractivity contribution in [3.8, 4) is 5.75 Å². The van der Waals surface area contributed by atoms with Crippen LogP contribution in [-0.2, 0) is 11.2 Å². The largest absolute Gasteiger partial charge is 0.490 e. The summed E-state index contributed by atoms with van der Waals surface area (Å²) >= 11 is 1.59. The van der Waals surface area contributed by atoms with Gasteiger partial charge in [0.25, 0.3) is 0 Å². The smallest absolute Gasteiger partial charge is 0.224 e. The molecule has 0 saturated carbocycles. The first-order chi connectivity index (χ1) is 9.25. The first-order valence-corrected chi connectivity index (χ1v) is 6.95. The fraction of sp³-hybridized carbons (Fsp3) is 0.214. The Morgan fingerprint density at radius 1 is 1.32 bits per heavy atom. The number of carbonyl (C=O) groups is 1. The summed E-state index contributed by atoms with van der Waals surface area (Å²) in [7, 11) is 0. The third-order valence-corrected chi connectivity index (χ3v) is 3.28. The average molecular weight is 276 g/mol. The SMILES string of the molecule is Nc1ccccc1OCCNC(=O)Cc1ccsc1. The van der Waals surface area contributed by atoms with Gasteiger partial charge in [-0.3, -0.25) is 4.79 Å². The number of rotatable bonds is 6. The molecule has 100 valence electrons. The number of nitrogens with two attached hydrogens (primary N) is 1. The average Bonchev–Trinajstić information content (AvgIpc) is 2.89. The molecule has 0 radical (unpaired) electrons. The molecule has 4 nitrogen and oxygen atoms in total. The van der Waals surface area contributed by atoms with Gasteiger partial charge in [-0.25, -0.2) is 0 Å². The van der Waals surface area contributed by atoms with Crippen molar-refractivity contribution >= 4 is 22.9 Å². The maximum Gasteiger partial charge on any atom is 0.224 e. The Hall–Kier alpha value is -2.01. The molecule has 0 saturated heterocycles. The fourth-order valence-corrected chi connectivity index (χ4v) is 2.27.